The van der Waals surface area contributed by atoms with E-state index >= 15 is 0 Å². The molecule has 0 bridgehead atoms. The molecule has 0 radical (unpaired) electrons. The second-order valence-electron chi connectivity index (χ2n) is 4.93. The first-order valence-corrected chi connectivity index (χ1v) is 7.27. The Bertz CT molecular complexity index is 160. The average Bonchev–Trinajstić information content (AvgIpc) is 2.72. The Morgan fingerprint density at radius 1 is 1.14 bits per heavy atom. The minimum Gasteiger partial charge on any atom is -0.393 e. The zero-order valence-electron chi connectivity index (χ0n) is 8.95. The fourth-order valence-corrected chi connectivity index (χ4v) is 4.14. The molecule has 0 spiro atoms. The summed E-state index contributed by atoms with van der Waals surface area (Å²) in [6, 6.07) is 0. The van der Waals surface area contributed by atoms with Crippen LogP contribution < -0.4 is 0 Å². The fraction of sp³-hybridized carbons (Fsp3) is 1.00. The molecule has 1 nitrogen and oxygen atoms in total. The summed E-state index contributed by atoms with van der Waals surface area (Å²) < 4.78 is 0. The molecule has 0 amide bonds. The minimum atomic E-state index is 0.00750. The van der Waals surface area contributed by atoms with Crippen molar-refractivity contribution in [2.75, 3.05) is 11.5 Å². The molecule has 0 aromatic carbocycles. The summed E-state index contributed by atoms with van der Waals surface area (Å²) in [6.07, 6.45) is 9.31. The molecular weight excluding hydrogens is 192 g/mol. The van der Waals surface area contributed by atoms with E-state index in [0.717, 1.165) is 12.3 Å². The average molecular weight is 214 g/mol. The van der Waals surface area contributed by atoms with Crippen molar-refractivity contribution in [3.63, 3.8) is 0 Å². The monoisotopic (exact) mass is 214 g/mol. The fourth-order valence-electron chi connectivity index (χ4n) is 2.81. The lowest BCUT2D eigenvalue weighted by Gasteiger charge is -2.26. The van der Waals surface area contributed by atoms with Crippen molar-refractivity contribution in [1.29, 1.82) is 0 Å². The van der Waals surface area contributed by atoms with Crippen molar-refractivity contribution < 1.29 is 5.11 Å². The maximum atomic E-state index is 10.1. The van der Waals surface area contributed by atoms with Crippen molar-refractivity contribution in [3.05, 3.63) is 0 Å². The molecule has 1 N–H and O–H groups in total. The Labute approximate surface area is 91.7 Å². The summed E-state index contributed by atoms with van der Waals surface area (Å²) >= 11 is 2.01. The summed E-state index contributed by atoms with van der Waals surface area (Å²) in [5.74, 6) is 3.92. The van der Waals surface area contributed by atoms with Gasteiger partial charge in [-0.1, -0.05) is 32.1 Å². The van der Waals surface area contributed by atoms with Gasteiger partial charge in [0, 0.05) is 0 Å². The number of hydrogen-bond donors (Lipinski definition) is 1. The molecule has 2 fully saturated rings. The number of hydrogen-bond acceptors (Lipinski definition) is 2. The highest BCUT2D eigenvalue weighted by Crippen LogP contribution is 2.33. The Morgan fingerprint density at radius 2 is 1.93 bits per heavy atom. The molecule has 1 aliphatic heterocycles. The second kappa shape index (κ2) is 5.41. The topological polar surface area (TPSA) is 20.2 Å². The van der Waals surface area contributed by atoms with Crippen molar-refractivity contribution >= 4 is 11.8 Å². The quantitative estimate of drug-likeness (QED) is 0.779. The summed E-state index contributed by atoms with van der Waals surface area (Å²) in [5, 5.41) is 10.1. The molecule has 14 heavy (non-hydrogen) atoms. The Kier molecular flexibility index (Phi) is 4.18. The van der Waals surface area contributed by atoms with Gasteiger partial charge in [0.15, 0.2) is 0 Å². The first-order chi connectivity index (χ1) is 6.86. The van der Waals surface area contributed by atoms with Gasteiger partial charge in [0.25, 0.3) is 0 Å². The molecule has 0 aromatic rings. The van der Waals surface area contributed by atoms with Crippen molar-refractivity contribution in [3.8, 4) is 0 Å². The largest absolute Gasteiger partial charge is 0.393 e. The standard InChI is InChI=1S/C12H22OS/c13-12(11-6-7-14-9-11)8-10-4-2-1-3-5-10/h10-13H,1-9H2. The highest BCUT2D eigenvalue weighted by Gasteiger charge is 2.26. The predicted octanol–water partition coefficient (Wildman–Crippen LogP) is 3.07. The zero-order valence-corrected chi connectivity index (χ0v) is 9.77. The lowest BCUT2D eigenvalue weighted by molar-refractivity contribution is 0.0844. The third kappa shape index (κ3) is 2.90. The van der Waals surface area contributed by atoms with Crippen LogP contribution in [0.25, 0.3) is 0 Å². The molecule has 0 aromatic heterocycles. The van der Waals surface area contributed by atoms with Crippen LogP contribution in [0.1, 0.15) is 44.9 Å². The molecule has 82 valence electrons. The van der Waals surface area contributed by atoms with Crippen molar-refractivity contribution in [2.45, 2.75) is 51.0 Å². The number of thioether (sulfide) groups is 1. The van der Waals surface area contributed by atoms with Crippen LogP contribution in [0.5, 0.6) is 0 Å². The van der Waals surface area contributed by atoms with E-state index in [9.17, 15) is 5.11 Å². The van der Waals surface area contributed by atoms with Gasteiger partial charge in [-0.25, -0.2) is 0 Å². The Morgan fingerprint density at radius 3 is 2.57 bits per heavy atom. The normalized spacial score (nSPS) is 31.9. The van der Waals surface area contributed by atoms with E-state index < -0.39 is 0 Å². The van der Waals surface area contributed by atoms with Gasteiger partial charge in [-0.3, -0.25) is 0 Å². The first kappa shape index (κ1) is 10.8. The molecule has 2 heteroatoms. The smallest absolute Gasteiger partial charge is 0.0579 e. The minimum absolute atomic E-state index is 0.00750. The van der Waals surface area contributed by atoms with Crippen LogP contribution in [0.3, 0.4) is 0 Å². The number of rotatable bonds is 3. The van der Waals surface area contributed by atoms with Crippen LogP contribution >= 0.6 is 11.8 Å². The van der Waals surface area contributed by atoms with E-state index in [2.05, 4.69) is 0 Å². The van der Waals surface area contributed by atoms with Crippen LogP contribution in [-0.4, -0.2) is 22.7 Å². The molecule has 2 atom stereocenters. The van der Waals surface area contributed by atoms with E-state index in [0.29, 0.717) is 5.92 Å². The van der Waals surface area contributed by atoms with Gasteiger partial charge in [0.05, 0.1) is 6.10 Å². The molecule has 2 aliphatic rings. The van der Waals surface area contributed by atoms with Crippen LogP contribution in [0.4, 0.5) is 0 Å². The van der Waals surface area contributed by atoms with Gasteiger partial charge >= 0.3 is 0 Å². The SMILES string of the molecule is OC(CC1CCCCC1)C1CCSC1. The lowest BCUT2D eigenvalue weighted by atomic mass is 9.83. The molecular formula is C12H22OS. The van der Waals surface area contributed by atoms with E-state index in [4.69, 9.17) is 0 Å². The first-order valence-electron chi connectivity index (χ1n) is 6.12. The Balaban J connectivity index is 1.72. The third-order valence-corrected chi connectivity index (χ3v) is 5.00. The lowest BCUT2D eigenvalue weighted by Crippen LogP contribution is -2.24. The van der Waals surface area contributed by atoms with Gasteiger partial charge in [-0.15, -0.1) is 0 Å². The summed E-state index contributed by atoms with van der Waals surface area (Å²) in [5.41, 5.74) is 0. The van der Waals surface area contributed by atoms with E-state index in [1.807, 2.05) is 11.8 Å². The van der Waals surface area contributed by atoms with Gasteiger partial charge in [0.1, 0.15) is 0 Å². The molecule has 1 heterocycles. The highest BCUT2D eigenvalue weighted by atomic mass is 32.2. The van der Waals surface area contributed by atoms with Gasteiger partial charge in [0.2, 0.25) is 0 Å². The molecule has 1 aliphatic carbocycles. The maximum absolute atomic E-state index is 10.1. The van der Waals surface area contributed by atoms with E-state index in [1.165, 1.54) is 50.0 Å². The van der Waals surface area contributed by atoms with Crippen LogP contribution in [0.2, 0.25) is 0 Å². The van der Waals surface area contributed by atoms with Gasteiger partial charge in [-0.2, -0.15) is 11.8 Å². The van der Waals surface area contributed by atoms with Crippen LogP contribution in [0.15, 0.2) is 0 Å². The van der Waals surface area contributed by atoms with E-state index in [1.54, 1.807) is 0 Å². The van der Waals surface area contributed by atoms with Crippen molar-refractivity contribution in [2.24, 2.45) is 11.8 Å². The second-order valence-corrected chi connectivity index (χ2v) is 6.08. The zero-order chi connectivity index (χ0) is 9.80. The summed E-state index contributed by atoms with van der Waals surface area (Å²) in [6.45, 7) is 0. The van der Waals surface area contributed by atoms with Crippen LogP contribution in [0, 0.1) is 11.8 Å². The van der Waals surface area contributed by atoms with Crippen LogP contribution in [-0.2, 0) is 0 Å². The predicted molar refractivity (Wildman–Crippen MR) is 62.6 cm³/mol. The number of aliphatic hydroxyl groups is 1. The highest BCUT2D eigenvalue weighted by molar-refractivity contribution is 7.99. The van der Waals surface area contributed by atoms with E-state index in [-0.39, 0.29) is 6.10 Å². The third-order valence-electron chi connectivity index (χ3n) is 3.81. The van der Waals surface area contributed by atoms with Gasteiger partial charge < -0.3 is 5.11 Å². The van der Waals surface area contributed by atoms with Crippen molar-refractivity contribution in [1.82, 2.24) is 0 Å². The molecule has 1 saturated carbocycles. The summed E-state index contributed by atoms with van der Waals surface area (Å²) in [4.78, 5) is 0. The summed E-state index contributed by atoms with van der Waals surface area (Å²) in [7, 11) is 0. The molecule has 1 saturated heterocycles. The Hall–Kier alpha value is 0.310. The maximum Gasteiger partial charge on any atom is 0.0579 e. The molecule has 2 rings (SSSR count). The number of aliphatic hydroxyl groups excluding tert-OH is 1. The van der Waals surface area contributed by atoms with Gasteiger partial charge in [-0.05, 0) is 36.2 Å². The molecule has 2 unspecified atom stereocenters.